The average Bonchev–Trinajstić information content (AvgIpc) is 3.07. The van der Waals surface area contributed by atoms with E-state index in [-0.39, 0.29) is 30.5 Å². The monoisotopic (exact) mass is 365 g/mol. The molecule has 1 saturated carbocycles. The maximum atomic E-state index is 12.8. The van der Waals surface area contributed by atoms with Crippen LogP contribution in [-0.4, -0.2) is 33.8 Å². The van der Waals surface area contributed by atoms with Gasteiger partial charge in [-0.05, 0) is 47.9 Å². The number of ether oxygens (including phenoxy) is 1. The number of rotatable bonds is 6. The standard InChI is InChI=1S/C21H23N3O3/c1-27-18-10-16(11-22-12-18)21(15-8-17(25)9-15)23-20(26)13-24-7-6-14-4-2-3-5-19(14)24/h2-7,10-12,15,17,21,25H,8-9,13H2,1H3,(H,23,26). The molecule has 1 amide bonds. The highest BCUT2D eigenvalue weighted by Crippen LogP contribution is 2.38. The zero-order valence-electron chi connectivity index (χ0n) is 15.2. The van der Waals surface area contributed by atoms with Gasteiger partial charge in [0.25, 0.3) is 0 Å². The van der Waals surface area contributed by atoms with Gasteiger partial charge in [-0.25, -0.2) is 0 Å². The number of pyridine rings is 1. The largest absolute Gasteiger partial charge is 0.495 e. The number of benzene rings is 1. The van der Waals surface area contributed by atoms with Gasteiger partial charge in [-0.2, -0.15) is 0 Å². The molecule has 2 N–H and O–H groups in total. The van der Waals surface area contributed by atoms with Crippen LogP contribution >= 0.6 is 0 Å². The van der Waals surface area contributed by atoms with Crippen LogP contribution in [0.5, 0.6) is 5.75 Å². The van der Waals surface area contributed by atoms with Crippen LogP contribution in [0.3, 0.4) is 0 Å². The molecule has 0 radical (unpaired) electrons. The van der Waals surface area contributed by atoms with E-state index in [9.17, 15) is 9.90 Å². The lowest BCUT2D eigenvalue weighted by Gasteiger charge is -2.38. The molecule has 2 heterocycles. The van der Waals surface area contributed by atoms with E-state index in [0.717, 1.165) is 16.5 Å². The van der Waals surface area contributed by atoms with Crippen molar-refractivity contribution in [3.8, 4) is 5.75 Å². The van der Waals surface area contributed by atoms with E-state index >= 15 is 0 Å². The summed E-state index contributed by atoms with van der Waals surface area (Å²) in [5.74, 6) is 0.785. The first kappa shape index (κ1) is 17.5. The number of nitrogens with zero attached hydrogens (tertiary/aromatic N) is 2. The molecule has 0 aliphatic heterocycles. The molecule has 1 aromatic carbocycles. The lowest BCUT2D eigenvalue weighted by molar-refractivity contribution is -0.123. The van der Waals surface area contributed by atoms with Crippen molar-refractivity contribution in [3.05, 3.63) is 60.6 Å². The maximum absolute atomic E-state index is 12.8. The highest BCUT2D eigenvalue weighted by atomic mass is 16.5. The molecule has 0 saturated heterocycles. The van der Waals surface area contributed by atoms with Gasteiger partial charge in [-0.1, -0.05) is 18.2 Å². The van der Waals surface area contributed by atoms with Gasteiger partial charge in [-0.3, -0.25) is 9.78 Å². The van der Waals surface area contributed by atoms with Crippen molar-refractivity contribution in [2.75, 3.05) is 7.11 Å². The predicted molar refractivity (Wildman–Crippen MR) is 102 cm³/mol. The number of aromatic nitrogens is 2. The van der Waals surface area contributed by atoms with Crippen molar-refractivity contribution in [2.45, 2.75) is 31.5 Å². The van der Waals surface area contributed by atoms with E-state index in [2.05, 4.69) is 10.3 Å². The molecule has 1 fully saturated rings. The van der Waals surface area contributed by atoms with Crippen LogP contribution < -0.4 is 10.1 Å². The third-order valence-electron chi connectivity index (χ3n) is 5.26. The average molecular weight is 365 g/mol. The fraction of sp³-hybridized carbons (Fsp3) is 0.333. The summed E-state index contributed by atoms with van der Waals surface area (Å²) in [6.07, 6.45) is 6.39. The Morgan fingerprint density at radius 3 is 2.93 bits per heavy atom. The molecule has 1 aliphatic rings. The molecule has 27 heavy (non-hydrogen) atoms. The van der Waals surface area contributed by atoms with Crippen LogP contribution in [0.25, 0.3) is 10.9 Å². The summed E-state index contributed by atoms with van der Waals surface area (Å²) in [6.45, 7) is 0.247. The fourth-order valence-corrected chi connectivity index (χ4v) is 3.75. The molecule has 0 spiro atoms. The second-order valence-electron chi connectivity index (χ2n) is 7.09. The number of hydrogen-bond acceptors (Lipinski definition) is 4. The van der Waals surface area contributed by atoms with E-state index < -0.39 is 0 Å². The minimum Gasteiger partial charge on any atom is -0.495 e. The van der Waals surface area contributed by atoms with Gasteiger partial charge in [0, 0.05) is 17.9 Å². The van der Waals surface area contributed by atoms with Crippen molar-refractivity contribution >= 4 is 16.8 Å². The topological polar surface area (TPSA) is 76.4 Å². The quantitative estimate of drug-likeness (QED) is 0.704. The number of fused-ring (bicyclic) bond motifs is 1. The zero-order valence-corrected chi connectivity index (χ0v) is 15.2. The Bertz CT molecular complexity index is 947. The molecule has 1 atom stereocenters. The number of hydrogen-bond donors (Lipinski definition) is 2. The lowest BCUT2D eigenvalue weighted by Crippen LogP contribution is -2.42. The Morgan fingerprint density at radius 1 is 1.33 bits per heavy atom. The number of aliphatic hydroxyl groups is 1. The minimum atomic E-state index is -0.290. The Kier molecular flexibility index (Phi) is 4.81. The molecule has 0 bridgehead atoms. The molecule has 2 aromatic heterocycles. The Hall–Kier alpha value is -2.86. The molecular formula is C21H23N3O3. The highest BCUT2D eigenvalue weighted by Gasteiger charge is 2.36. The van der Waals surface area contributed by atoms with E-state index in [1.54, 1.807) is 19.5 Å². The van der Waals surface area contributed by atoms with Crippen LogP contribution in [0.4, 0.5) is 0 Å². The highest BCUT2D eigenvalue weighted by molar-refractivity contribution is 5.83. The predicted octanol–water partition coefficient (Wildman–Crippen LogP) is 2.67. The number of methoxy groups -OCH3 is 1. The van der Waals surface area contributed by atoms with Gasteiger partial charge in [0.2, 0.25) is 5.91 Å². The fourth-order valence-electron chi connectivity index (χ4n) is 3.75. The van der Waals surface area contributed by atoms with Gasteiger partial charge in [-0.15, -0.1) is 0 Å². The number of amides is 1. The van der Waals surface area contributed by atoms with E-state index in [4.69, 9.17) is 4.74 Å². The number of aliphatic hydroxyl groups excluding tert-OH is 1. The summed E-state index contributed by atoms with van der Waals surface area (Å²) >= 11 is 0. The second-order valence-corrected chi connectivity index (χ2v) is 7.09. The van der Waals surface area contributed by atoms with Gasteiger partial charge in [0.15, 0.2) is 0 Å². The zero-order chi connectivity index (χ0) is 18.8. The smallest absolute Gasteiger partial charge is 0.240 e. The second kappa shape index (κ2) is 7.40. The molecule has 3 aromatic rings. The van der Waals surface area contributed by atoms with E-state index in [0.29, 0.717) is 18.6 Å². The molecule has 140 valence electrons. The first-order valence-electron chi connectivity index (χ1n) is 9.14. The van der Waals surface area contributed by atoms with Crippen LogP contribution in [0.2, 0.25) is 0 Å². The number of nitrogens with one attached hydrogen (secondary N) is 1. The number of para-hydroxylation sites is 1. The van der Waals surface area contributed by atoms with E-state index in [1.807, 2.05) is 47.2 Å². The van der Waals surface area contributed by atoms with Crippen molar-refractivity contribution < 1.29 is 14.6 Å². The van der Waals surface area contributed by atoms with Gasteiger partial charge in [0.05, 0.1) is 25.5 Å². The minimum absolute atomic E-state index is 0.0643. The molecule has 4 rings (SSSR count). The van der Waals surface area contributed by atoms with Crippen LogP contribution in [0.1, 0.15) is 24.4 Å². The van der Waals surface area contributed by atoms with Gasteiger partial charge >= 0.3 is 0 Å². The summed E-state index contributed by atoms with van der Waals surface area (Å²) in [5.41, 5.74) is 1.93. The van der Waals surface area contributed by atoms with Crippen molar-refractivity contribution in [3.63, 3.8) is 0 Å². The third kappa shape index (κ3) is 3.66. The summed E-state index contributed by atoms with van der Waals surface area (Å²) in [7, 11) is 1.60. The number of carbonyl (C=O) groups is 1. The van der Waals surface area contributed by atoms with Crippen molar-refractivity contribution in [2.24, 2.45) is 5.92 Å². The normalized spacial score (nSPS) is 20.1. The Labute approximate surface area is 157 Å². The summed E-state index contributed by atoms with van der Waals surface area (Å²) in [5, 5.41) is 14.0. The maximum Gasteiger partial charge on any atom is 0.240 e. The number of carbonyl (C=O) groups excluding carboxylic acids is 1. The molecular weight excluding hydrogens is 342 g/mol. The third-order valence-corrected chi connectivity index (χ3v) is 5.26. The first-order chi connectivity index (χ1) is 13.1. The summed E-state index contributed by atoms with van der Waals surface area (Å²) < 4.78 is 7.21. The molecule has 1 aliphatic carbocycles. The molecule has 1 unspecified atom stereocenters. The van der Waals surface area contributed by atoms with E-state index in [1.165, 1.54) is 0 Å². The van der Waals surface area contributed by atoms with Crippen molar-refractivity contribution in [1.29, 1.82) is 0 Å². The first-order valence-corrected chi connectivity index (χ1v) is 9.14. The van der Waals surface area contributed by atoms with Crippen LogP contribution in [-0.2, 0) is 11.3 Å². The van der Waals surface area contributed by atoms with Crippen LogP contribution in [0.15, 0.2) is 55.0 Å². The van der Waals surface area contributed by atoms with Gasteiger partial charge < -0.3 is 19.7 Å². The SMILES string of the molecule is COc1cncc(C(NC(=O)Cn2ccc3ccccc32)C2CC(O)C2)c1. The summed E-state index contributed by atoms with van der Waals surface area (Å²) in [6, 6.07) is 11.7. The lowest BCUT2D eigenvalue weighted by atomic mass is 9.75. The molecule has 6 nitrogen and oxygen atoms in total. The Balaban J connectivity index is 1.53. The van der Waals surface area contributed by atoms with Crippen molar-refractivity contribution in [1.82, 2.24) is 14.9 Å². The molecule has 6 heteroatoms. The Morgan fingerprint density at radius 2 is 2.15 bits per heavy atom. The van der Waals surface area contributed by atoms with Gasteiger partial charge in [0.1, 0.15) is 12.3 Å². The summed E-state index contributed by atoms with van der Waals surface area (Å²) in [4.78, 5) is 17.0. The van der Waals surface area contributed by atoms with Crippen LogP contribution in [0, 0.1) is 5.92 Å².